The highest BCUT2D eigenvalue weighted by Gasteiger charge is 2.28. The van der Waals surface area contributed by atoms with E-state index in [0.717, 1.165) is 26.1 Å². The lowest BCUT2D eigenvalue weighted by molar-refractivity contribution is 0.237. The van der Waals surface area contributed by atoms with Crippen molar-refractivity contribution < 1.29 is 13.2 Å². The van der Waals surface area contributed by atoms with Gasteiger partial charge < -0.3 is 15.5 Å². The van der Waals surface area contributed by atoms with E-state index >= 15 is 0 Å². The molecule has 0 bridgehead atoms. The molecule has 0 unspecified atom stereocenters. The predicted octanol–water partition coefficient (Wildman–Crippen LogP) is 0.0621. The van der Waals surface area contributed by atoms with E-state index in [1.165, 1.54) is 0 Å². The van der Waals surface area contributed by atoms with Gasteiger partial charge in [-0.15, -0.1) is 0 Å². The molecule has 0 spiro atoms. The molecule has 7 heteroatoms. The lowest BCUT2D eigenvalue weighted by atomic mass is 10.1. The molecular formula is C13H25N3O3S. The van der Waals surface area contributed by atoms with Gasteiger partial charge in [-0.3, -0.25) is 0 Å². The summed E-state index contributed by atoms with van der Waals surface area (Å²) < 4.78 is 22.6. The average molecular weight is 303 g/mol. The summed E-state index contributed by atoms with van der Waals surface area (Å²) in [6.07, 6.45) is 1.80. The Morgan fingerprint density at radius 1 is 1.20 bits per heavy atom. The minimum atomic E-state index is -2.86. The first-order valence-electron chi connectivity index (χ1n) is 7.43. The highest BCUT2D eigenvalue weighted by Crippen LogP contribution is 2.17. The van der Waals surface area contributed by atoms with Crippen LogP contribution < -0.4 is 10.6 Å². The van der Waals surface area contributed by atoms with E-state index in [9.17, 15) is 13.2 Å². The van der Waals surface area contributed by atoms with E-state index in [1.807, 2.05) is 0 Å². The molecule has 20 heavy (non-hydrogen) atoms. The summed E-state index contributed by atoms with van der Waals surface area (Å²) in [6, 6.07) is -0.177. The first kappa shape index (κ1) is 15.6. The third kappa shape index (κ3) is 4.63. The van der Waals surface area contributed by atoms with Gasteiger partial charge in [-0.1, -0.05) is 6.92 Å². The van der Waals surface area contributed by atoms with Gasteiger partial charge in [0, 0.05) is 19.6 Å². The summed E-state index contributed by atoms with van der Waals surface area (Å²) in [7, 11) is -2.86. The topological polar surface area (TPSA) is 78.5 Å². The summed E-state index contributed by atoms with van der Waals surface area (Å²) in [6.45, 7) is 6.54. The average Bonchev–Trinajstić information content (AvgIpc) is 3.00. The third-order valence-electron chi connectivity index (χ3n) is 4.25. The number of nitrogens with one attached hydrogen (secondary N) is 2. The van der Waals surface area contributed by atoms with Crippen molar-refractivity contribution in [2.24, 2.45) is 11.8 Å². The normalized spacial score (nSPS) is 29.4. The number of rotatable bonds is 5. The van der Waals surface area contributed by atoms with Gasteiger partial charge in [-0.2, -0.15) is 0 Å². The molecule has 2 heterocycles. The van der Waals surface area contributed by atoms with Crippen LogP contribution in [0, 0.1) is 11.8 Å². The maximum atomic E-state index is 11.7. The van der Waals surface area contributed by atoms with Crippen molar-refractivity contribution in [3.8, 4) is 0 Å². The van der Waals surface area contributed by atoms with Crippen LogP contribution in [-0.2, 0) is 9.84 Å². The minimum Gasteiger partial charge on any atom is -0.338 e. The maximum absolute atomic E-state index is 11.7. The van der Waals surface area contributed by atoms with Crippen molar-refractivity contribution in [1.82, 2.24) is 15.5 Å². The fourth-order valence-corrected chi connectivity index (χ4v) is 4.80. The molecule has 2 N–H and O–H groups in total. The van der Waals surface area contributed by atoms with Gasteiger partial charge in [0.2, 0.25) is 0 Å². The second-order valence-electron chi connectivity index (χ2n) is 5.91. The monoisotopic (exact) mass is 303 g/mol. The second kappa shape index (κ2) is 6.76. The molecule has 2 saturated heterocycles. The summed E-state index contributed by atoms with van der Waals surface area (Å²) in [4.78, 5) is 14.1. The zero-order valence-corrected chi connectivity index (χ0v) is 12.9. The largest absolute Gasteiger partial charge is 0.338 e. The van der Waals surface area contributed by atoms with Gasteiger partial charge in [0.15, 0.2) is 9.84 Å². The quantitative estimate of drug-likeness (QED) is 0.753. The molecule has 0 saturated carbocycles. The molecule has 0 aromatic rings. The maximum Gasteiger partial charge on any atom is 0.314 e. The number of hydrogen-bond acceptors (Lipinski definition) is 4. The van der Waals surface area contributed by atoms with Crippen LogP contribution in [0.15, 0.2) is 0 Å². The Morgan fingerprint density at radius 3 is 2.45 bits per heavy atom. The van der Waals surface area contributed by atoms with Crippen molar-refractivity contribution >= 4 is 15.9 Å². The Labute approximate surface area is 121 Å². The van der Waals surface area contributed by atoms with Crippen LogP contribution in [-0.4, -0.2) is 63.6 Å². The van der Waals surface area contributed by atoms with E-state index in [2.05, 4.69) is 22.5 Å². The number of carbonyl (C=O) groups excluding carboxylic acids is 1. The number of likely N-dealkylation sites (tertiary alicyclic amines) is 1. The first-order valence-corrected chi connectivity index (χ1v) is 9.25. The number of hydrogen-bond donors (Lipinski definition) is 2. The van der Waals surface area contributed by atoms with Crippen molar-refractivity contribution in [3.05, 3.63) is 0 Å². The Kier molecular flexibility index (Phi) is 5.26. The predicted molar refractivity (Wildman–Crippen MR) is 78.4 cm³/mol. The van der Waals surface area contributed by atoms with Crippen LogP contribution in [0.5, 0.6) is 0 Å². The molecule has 2 rings (SSSR count). The van der Waals surface area contributed by atoms with Gasteiger partial charge >= 0.3 is 6.03 Å². The van der Waals surface area contributed by atoms with Crippen LogP contribution in [0.2, 0.25) is 0 Å². The number of urea groups is 1. The fraction of sp³-hybridized carbons (Fsp3) is 0.923. The Morgan fingerprint density at radius 2 is 1.90 bits per heavy atom. The highest BCUT2D eigenvalue weighted by atomic mass is 32.2. The van der Waals surface area contributed by atoms with E-state index in [-0.39, 0.29) is 23.5 Å². The minimum absolute atomic E-state index is 0.0767. The van der Waals surface area contributed by atoms with Crippen molar-refractivity contribution in [3.63, 3.8) is 0 Å². The number of nitrogens with zero attached hydrogens (tertiary/aromatic N) is 1. The Bertz CT molecular complexity index is 438. The van der Waals surface area contributed by atoms with Crippen molar-refractivity contribution in [1.29, 1.82) is 0 Å². The van der Waals surface area contributed by atoms with E-state index in [4.69, 9.17) is 0 Å². The van der Waals surface area contributed by atoms with Crippen LogP contribution in [0.4, 0.5) is 4.79 Å². The number of sulfone groups is 1. The lowest BCUT2D eigenvalue weighted by Gasteiger charge is -2.15. The van der Waals surface area contributed by atoms with Gasteiger partial charge in [-0.05, 0) is 37.8 Å². The highest BCUT2D eigenvalue weighted by molar-refractivity contribution is 7.91. The molecule has 2 atom stereocenters. The zero-order valence-electron chi connectivity index (χ0n) is 12.1. The van der Waals surface area contributed by atoms with Crippen molar-refractivity contribution in [2.75, 3.05) is 44.2 Å². The molecule has 0 aromatic carbocycles. The smallest absolute Gasteiger partial charge is 0.314 e. The molecule has 6 nitrogen and oxygen atoms in total. The van der Waals surface area contributed by atoms with Crippen LogP contribution in [0.25, 0.3) is 0 Å². The molecule has 116 valence electrons. The van der Waals surface area contributed by atoms with E-state index in [0.29, 0.717) is 25.4 Å². The molecule has 0 aliphatic carbocycles. The molecule has 2 amide bonds. The standard InChI is InChI=1S/C13H25N3O3S/c1-2-16-5-3-11(9-16)7-14-13(17)15-8-12-4-6-20(18,19)10-12/h11-12H,2-10H2,1H3,(H2,14,15,17)/t11-,12-/m0/s1. The molecule has 2 aliphatic rings. The van der Waals surface area contributed by atoms with Crippen LogP contribution in [0.1, 0.15) is 19.8 Å². The first-order chi connectivity index (χ1) is 9.48. The summed E-state index contributed by atoms with van der Waals surface area (Å²) in [5.41, 5.74) is 0. The van der Waals surface area contributed by atoms with Crippen LogP contribution in [0.3, 0.4) is 0 Å². The van der Waals surface area contributed by atoms with Crippen LogP contribution >= 0.6 is 0 Å². The molecule has 2 aliphatic heterocycles. The van der Waals surface area contributed by atoms with Gasteiger partial charge in [0.05, 0.1) is 11.5 Å². The SMILES string of the molecule is CCN1CC[C@@H](CNC(=O)NC[C@@H]2CCS(=O)(=O)C2)C1. The number of amides is 2. The van der Waals surface area contributed by atoms with E-state index in [1.54, 1.807) is 0 Å². The molecule has 0 aromatic heterocycles. The van der Waals surface area contributed by atoms with Crippen molar-refractivity contribution in [2.45, 2.75) is 19.8 Å². The number of carbonyl (C=O) groups is 1. The lowest BCUT2D eigenvalue weighted by Crippen LogP contribution is -2.41. The Balaban J connectivity index is 1.59. The summed E-state index contributed by atoms with van der Waals surface area (Å²) in [5, 5.41) is 5.67. The molecule has 2 fully saturated rings. The molecular weight excluding hydrogens is 278 g/mol. The van der Waals surface area contributed by atoms with Gasteiger partial charge in [0.1, 0.15) is 0 Å². The van der Waals surface area contributed by atoms with Gasteiger partial charge in [-0.25, -0.2) is 13.2 Å². The summed E-state index contributed by atoms with van der Waals surface area (Å²) >= 11 is 0. The van der Waals surface area contributed by atoms with Gasteiger partial charge in [0.25, 0.3) is 0 Å². The summed E-state index contributed by atoms with van der Waals surface area (Å²) in [5.74, 6) is 1.08. The second-order valence-corrected chi connectivity index (χ2v) is 8.14. The molecule has 0 radical (unpaired) electrons. The Hall–Kier alpha value is -0.820. The third-order valence-corrected chi connectivity index (χ3v) is 6.08. The fourth-order valence-electron chi connectivity index (χ4n) is 2.94. The van der Waals surface area contributed by atoms with E-state index < -0.39 is 9.84 Å². The zero-order chi connectivity index (χ0) is 14.6.